The molecule has 0 heterocycles. The Labute approximate surface area is 113 Å². The van der Waals surface area contributed by atoms with E-state index in [9.17, 15) is 4.79 Å². The minimum atomic E-state index is -0.856. The number of carboxylic acid groups (broad SMARTS) is 1. The van der Waals surface area contributed by atoms with Gasteiger partial charge in [-0.25, -0.2) is 4.79 Å². The first-order chi connectivity index (χ1) is 8.52. The number of nitrogens with two attached hydrogens (primary N) is 1. The second-order valence-electron chi connectivity index (χ2n) is 3.94. The smallest absolute Gasteiger partial charge is 0.331 e. The molecule has 0 saturated heterocycles. The second-order valence-corrected chi connectivity index (χ2v) is 4.21. The van der Waals surface area contributed by atoms with Gasteiger partial charge in [0.15, 0.2) is 0 Å². The van der Waals surface area contributed by atoms with Gasteiger partial charge in [0.2, 0.25) is 0 Å². The van der Waals surface area contributed by atoms with Crippen molar-refractivity contribution in [1.29, 1.82) is 0 Å². The minimum absolute atomic E-state index is 0.396. The lowest BCUT2D eigenvalue weighted by atomic mass is 10.1. The maximum atomic E-state index is 10.4. The zero-order valence-corrected chi connectivity index (χ0v) is 11.6. The molecule has 0 spiro atoms. The van der Waals surface area contributed by atoms with E-state index in [0.29, 0.717) is 24.4 Å². The van der Waals surface area contributed by atoms with E-state index in [1.54, 1.807) is 13.8 Å². The van der Waals surface area contributed by atoms with Crippen LogP contribution in [0.4, 0.5) is 0 Å². The maximum absolute atomic E-state index is 10.4. The van der Waals surface area contributed by atoms with Crippen LogP contribution in [0, 0.1) is 0 Å². The van der Waals surface area contributed by atoms with Gasteiger partial charge < -0.3 is 10.8 Å². The molecule has 1 aromatic rings. The lowest BCUT2D eigenvalue weighted by molar-refractivity contribution is -0.132. The summed E-state index contributed by atoms with van der Waals surface area (Å²) in [5.41, 5.74) is 7.65. The van der Waals surface area contributed by atoms with Gasteiger partial charge in [-0.1, -0.05) is 35.9 Å². The van der Waals surface area contributed by atoms with Crippen molar-refractivity contribution in [3.63, 3.8) is 0 Å². The van der Waals surface area contributed by atoms with Gasteiger partial charge in [0.05, 0.1) is 0 Å². The number of carbonyl (C=O) groups is 1. The Kier molecular flexibility index (Phi) is 8.97. The van der Waals surface area contributed by atoms with E-state index in [4.69, 9.17) is 22.4 Å². The summed E-state index contributed by atoms with van der Waals surface area (Å²) in [7, 11) is 0. The molecule has 0 fully saturated rings. The van der Waals surface area contributed by atoms with Gasteiger partial charge in [0.25, 0.3) is 0 Å². The van der Waals surface area contributed by atoms with Crippen LogP contribution in [0.25, 0.3) is 0 Å². The summed E-state index contributed by atoms with van der Waals surface area (Å²) in [4.78, 5) is 10.4. The fourth-order valence-electron chi connectivity index (χ4n) is 1.28. The number of hydrogen-bond acceptors (Lipinski definition) is 2. The predicted molar refractivity (Wildman–Crippen MR) is 75.7 cm³/mol. The first kappa shape index (κ1) is 16.7. The van der Waals surface area contributed by atoms with Crippen LogP contribution in [0.2, 0.25) is 0 Å². The standard InChI is InChI=1S/C7H7Cl.C7H13NO2/c8-6-7-4-2-1-3-5-7;1-5(2)6(3-4-8)7(9)10/h1-5H,6H2;3-4,8H2,1-2H3,(H,9,10). The maximum Gasteiger partial charge on any atom is 0.331 e. The van der Waals surface area contributed by atoms with Crippen LogP contribution in [0.3, 0.4) is 0 Å². The molecular formula is C14H20ClNO2. The number of halogens is 1. The van der Waals surface area contributed by atoms with E-state index in [0.717, 1.165) is 5.57 Å². The molecule has 0 radical (unpaired) electrons. The first-order valence-corrected chi connectivity index (χ1v) is 6.26. The molecule has 4 heteroatoms. The molecule has 1 aromatic carbocycles. The van der Waals surface area contributed by atoms with Crippen LogP contribution < -0.4 is 5.73 Å². The number of rotatable bonds is 4. The number of aliphatic carboxylic acids is 1. The summed E-state index contributed by atoms with van der Waals surface area (Å²) in [5.74, 6) is -0.244. The Morgan fingerprint density at radius 1 is 1.28 bits per heavy atom. The van der Waals surface area contributed by atoms with Crippen LogP contribution in [0.15, 0.2) is 41.5 Å². The average Bonchev–Trinajstić information content (AvgIpc) is 2.37. The SMILES string of the molecule is CC(C)=C(CCN)C(=O)O.ClCc1ccccc1. The topological polar surface area (TPSA) is 63.3 Å². The molecule has 0 bridgehead atoms. The number of benzene rings is 1. The van der Waals surface area contributed by atoms with Crippen LogP contribution in [-0.2, 0) is 10.7 Å². The van der Waals surface area contributed by atoms with Gasteiger partial charge in [-0.2, -0.15) is 0 Å². The van der Waals surface area contributed by atoms with E-state index in [1.165, 1.54) is 5.56 Å². The highest BCUT2D eigenvalue weighted by Gasteiger charge is 2.06. The van der Waals surface area contributed by atoms with Crippen molar-refractivity contribution in [2.75, 3.05) is 6.54 Å². The van der Waals surface area contributed by atoms with Gasteiger partial charge in [-0.3, -0.25) is 0 Å². The largest absolute Gasteiger partial charge is 0.478 e. The summed E-state index contributed by atoms with van der Waals surface area (Å²) in [5, 5.41) is 8.56. The zero-order chi connectivity index (χ0) is 14.0. The molecule has 100 valence electrons. The van der Waals surface area contributed by atoms with Gasteiger partial charge in [-0.05, 0) is 32.4 Å². The van der Waals surface area contributed by atoms with Gasteiger partial charge in [0, 0.05) is 11.5 Å². The average molecular weight is 270 g/mol. The zero-order valence-electron chi connectivity index (χ0n) is 10.8. The number of alkyl halides is 1. The summed E-state index contributed by atoms with van der Waals surface area (Å²) >= 11 is 5.53. The molecule has 0 aliphatic heterocycles. The first-order valence-electron chi connectivity index (χ1n) is 5.72. The summed E-state index contributed by atoms with van der Waals surface area (Å²) in [6, 6.07) is 9.96. The van der Waals surface area contributed by atoms with Crippen molar-refractivity contribution in [3.8, 4) is 0 Å². The van der Waals surface area contributed by atoms with Gasteiger partial charge >= 0.3 is 5.97 Å². The summed E-state index contributed by atoms with van der Waals surface area (Å²) < 4.78 is 0. The van der Waals surface area contributed by atoms with Crippen molar-refractivity contribution in [1.82, 2.24) is 0 Å². The molecule has 0 saturated carbocycles. The molecule has 3 N–H and O–H groups in total. The van der Waals surface area contributed by atoms with E-state index >= 15 is 0 Å². The number of hydrogen-bond donors (Lipinski definition) is 2. The third-order valence-electron chi connectivity index (χ3n) is 2.25. The Balaban J connectivity index is 0.000000327. The van der Waals surface area contributed by atoms with Crippen molar-refractivity contribution in [3.05, 3.63) is 47.0 Å². The van der Waals surface area contributed by atoms with Crippen LogP contribution >= 0.6 is 11.6 Å². The molecule has 3 nitrogen and oxygen atoms in total. The Bertz CT molecular complexity index is 384. The fourth-order valence-corrected chi connectivity index (χ4v) is 1.46. The van der Waals surface area contributed by atoms with Crippen molar-refractivity contribution >= 4 is 17.6 Å². The molecule has 0 aliphatic carbocycles. The number of allylic oxidation sites excluding steroid dienone is 1. The highest BCUT2D eigenvalue weighted by molar-refractivity contribution is 6.17. The highest BCUT2D eigenvalue weighted by Crippen LogP contribution is 2.06. The summed E-state index contributed by atoms with van der Waals surface area (Å²) in [6.45, 7) is 3.95. The predicted octanol–water partition coefficient (Wildman–Crippen LogP) is 3.18. The Morgan fingerprint density at radius 3 is 2.06 bits per heavy atom. The Hall–Kier alpha value is -1.32. The monoisotopic (exact) mass is 269 g/mol. The van der Waals surface area contributed by atoms with Crippen LogP contribution in [-0.4, -0.2) is 17.6 Å². The van der Waals surface area contributed by atoms with Crippen LogP contribution in [0.5, 0.6) is 0 Å². The van der Waals surface area contributed by atoms with Gasteiger partial charge in [0.1, 0.15) is 0 Å². The highest BCUT2D eigenvalue weighted by atomic mass is 35.5. The molecular weight excluding hydrogens is 250 g/mol. The molecule has 1 rings (SSSR count). The van der Waals surface area contributed by atoms with Crippen molar-refractivity contribution < 1.29 is 9.90 Å². The Morgan fingerprint density at radius 2 is 1.83 bits per heavy atom. The minimum Gasteiger partial charge on any atom is -0.478 e. The van der Waals surface area contributed by atoms with Crippen LogP contribution in [0.1, 0.15) is 25.8 Å². The molecule has 0 amide bonds. The normalized spacial score (nSPS) is 9.11. The molecule has 0 unspecified atom stereocenters. The van der Waals surface area contributed by atoms with E-state index in [1.807, 2.05) is 30.3 Å². The molecule has 18 heavy (non-hydrogen) atoms. The third kappa shape index (κ3) is 7.09. The fraction of sp³-hybridized carbons (Fsp3) is 0.357. The van der Waals surface area contributed by atoms with E-state index < -0.39 is 5.97 Å². The third-order valence-corrected chi connectivity index (χ3v) is 2.56. The molecule has 0 aliphatic rings. The molecule has 0 aromatic heterocycles. The lowest BCUT2D eigenvalue weighted by Crippen LogP contribution is -2.08. The second kappa shape index (κ2) is 9.68. The van der Waals surface area contributed by atoms with Gasteiger partial charge in [-0.15, -0.1) is 11.6 Å². The lowest BCUT2D eigenvalue weighted by Gasteiger charge is -2.00. The quantitative estimate of drug-likeness (QED) is 0.652. The van der Waals surface area contributed by atoms with Crippen molar-refractivity contribution in [2.24, 2.45) is 5.73 Å². The molecule has 0 atom stereocenters. The number of carboxylic acids is 1. The summed E-state index contributed by atoms with van der Waals surface area (Å²) in [6.07, 6.45) is 0.456. The van der Waals surface area contributed by atoms with E-state index in [2.05, 4.69) is 0 Å². The van der Waals surface area contributed by atoms with E-state index in [-0.39, 0.29) is 0 Å². The van der Waals surface area contributed by atoms with Crippen molar-refractivity contribution in [2.45, 2.75) is 26.1 Å².